The second-order valence-corrected chi connectivity index (χ2v) is 8.04. The molecule has 0 aliphatic rings. The number of imidazole rings is 1. The molecule has 0 spiro atoms. The standard InChI is InChI=1S/C20H16N4O2S2/c1-2-24-14-7-4-3-6-13(14)21-20(24)28-11-16-22-18(25)17-12(10-27-19(17)23-16)15-8-5-9-26-15/h3-10H,2,11H2,1H3,(H,22,23,25). The largest absolute Gasteiger partial charge is 0.464 e. The van der Waals surface area contributed by atoms with E-state index in [4.69, 9.17) is 9.40 Å². The molecule has 0 fully saturated rings. The minimum Gasteiger partial charge on any atom is -0.464 e. The molecule has 1 N–H and O–H groups in total. The average Bonchev–Trinajstić information content (AvgIpc) is 3.43. The molecule has 0 saturated heterocycles. The van der Waals surface area contributed by atoms with Crippen LogP contribution in [-0.2, 0) is 12.3 Å². The van der Waals surface area contributed by atoms with Gasteiger partial charge in [-0.05, 0) is 31.2 Å². The van der Waals surface area contributed by atoms with Crippen LogP contribution in [0.15, 0.2) is 62.4 Å². The number of aromatic amines is 1. The van der Waals surface area contributed by atoms with Gasteiger partial charge in [0.1, 0.15) is 16.4 Å². The maximum atomic E-state index is 12.7. The van der Waals surface area contributed by atoms with Crippen LogP contribution < -0.4 is 5.56 Å². The fourth-order valence-corrected chi connectivity index (χ4v) is 5.17. The minimum atomic E-state index is -0.141. The number of rotatable bonds is 5. The molecule has 0 atom stereocenters. The monoisotopic (exact) mass is 408 g/mol. The van der Waals surface area contributed by atoms with Gasteiger partial charge >= 0.3 is 0 Å². The third-order valence-electron chi connectivity index (χ3n) is 4.55. The number of hydrogen-bond acceptors (Lipinski definition) is 6. The number of furan rings is 1. The van der Waals surface area contributed by atoms with Crippen LogP contribution in [0.5, 0.6) is 0 Å². The molecule has 5 rings (SSSR count). The van der Waals surface area contributed by atoms with E-state index >= 15 is 0 Å². The first-order chi connectivity index (χ1) is 13.7. The van der Waals surface area contributed by atoms with Crippen LogP contribution in [-0.4, -0.2) is 19.5 Å². The van der Waals surface area contributed by atoms with Crippen LogP contribution >= 0.6 is 23.1 Å². The van der Waals surface area contributed by atoms with Crippen molar-refractivity contribution in [2.24, 2.45) is 0 Å². The van der Waals surface area contributed by atoms with Gasteiger partial charge in [0.2, 0.25) is 0 Å². The molecule has 6 nitrogen and oxygen atoms in total. The zero-order valence-electron chi connectivity index (χ0n) is 15.0. The van der Waals surface area contributed by atoms with E-state index in [1.165, 1.54) is 11.3 Å². The summed E-state index contributed by atoms with van der Waals surface area (Å²) in [6.07, 6.45) is 1.60. The number of thiophene rings is 1. The number of hydrogen-bond donors (Lipinski definition) is 1. The highest BCUT2D eigenvalue weighted by molar-refractivity contribution is 7.98. The fourth-order valence-electron chi connectivity index (χ4n) is 3.28. The molecule has 140 valence electrons. The van der Waals surface area contributed by atoms with Crippen molar-refractivity contribution in [3.8, 4) is 11.3 Å². The Kier molecular flexibility index (Phi) is 4.29. The lowest BCUT2D eigenvalue weighted by Gasteiger charge is -2.05. The summed E-state index contributed by atoms with van der Waals surface area (Å²) in [5.74, 6) is 1.87. The highest BCUT2D eigenvalue weighted by Gasteiger charge is 2.16. The fraction of sp³-hybridized carbons (Fsp3) is 0.150. The molecule has 0 aliphatic heterocycles. The molecule has 28 heavy (non-hydrogen) atoms. The van der Waals surface area contributed by atoms with Crippen LogP contribution in [0, 0.1) is 0 Å². The van der Waals surface area contributed by atoms with E-state index in [0.717, 1.165) is 33.1 Å². The third kappa shape index (κ3) is 2.85. The van der Waals surface area contributed by atoms with Gasteiger partial charge in [-0.15, -0.1) is 11.3 Å². The smallest absolute Gasteiger partial charge is 0.260 e. The molecule has 8 heteroatoms. The summed E-state index contributed by atoms with van der Waals surface area (Å²) in [6.45, 7) is 2.94. The Morgan fingerprint density at radius 1 is 1.21 bits per heavy atom. The minimum absolute atomic E-state index is 0.141. The predicted molar refractivity (Wildman–Crippen MR) is 113 cm³/mol. The van der Waals surface area contributed by atoms with Crippen LogP contribution in [0.2, 0.25) is 0 Å². The molecule has 4 heterocycles. The molecule has 0 amide bonds. The summed E-state index contributed by atoms with van der Waals surface area (Å²) in [5, 5.41) is 3.42. The van der Waals surface area contributed by atoms with Gasteiger partial charge < -0.3 is 14.0 Å². The van der Waals surface area contributed by atoms with E-state index in [2.05, 4.69) is 27.5 Å². The molecule has 0 bridgehead atoms. The Balaban J connectivity index is 1.47. The number of para-hydroxylation sites is 2. The Labute approximate surface area is 168 Å². The number of nitrogens with one attached hydrogen (secondary N) is 1. The lowest BCUT2D eigenvalue weighted by molar-refractivity contribution is 0.583. The second kappa shape index (κ2) is 6.96. The average molecular weight is 409 g/mol. The lowest BCUT2D eigenvalue weighted by atomic mass is 10.2. The van der Waals surface area contributed by atoms with Crippen LogP contribution in [0.25, 0.3) is 32.6 Å². The first kappa shape index (κ1) is 17.3. The quantitative estimate of drug-likeness (QED) is 0.418. The summed E-state index contributed by atoms with van der Waals surface area (Å²) in [7, 11) is 0. The topological polar surface area (TPSA) is 76.7 Å². The van der Waals surface area contributed by atoms with Gasteiger partial charge in [-0.25, -0.2) is 9.97 Å². The number of aromatic nitrogens is 4. The molecular weight excluding hydrogens is 392 g/mol. The van der Waals surface area contributed by atoms with Crippen molar-refractivity contribution in [2.45, 2.75) is 24.4 Å². The summed E-state index contributed by atoms with van der Waals surface area (Å²) in [5.41, 5.74) is 2.74. The zero-order valence-corrected chi connectivity index (χ0v) is 16.6. The molecular formula is C20H16N4O2S2. The lowest BCUT2D eigenvalue weighted by Crippen LogP contribution is -2.10. The molecule has 0 unspecified atom stereocenters. The van der Waals surface area contributed by atoms with E-state index in [1.54, 1.807) is 18.0 Å². The van der Waals surface area contributed by atoms with Crippen molar-refractivity contribution in [3.05, 3.63) is 64.2 Å². The van der Waals surface area contributed by atoms with E-state index in [0.29, 0.717) is 22.7 Å². The van der Waals surface area contributed by atoms with Gasteiger partial charge in [-0.3, -0.25) is 4.79 Å². The first-order valence-electron chi connectivity index (χ1n) is 8.87. The Bertz CT molecular complexity index is 1330. The van der Waals surface area contributed by atoms with Crippen molar-refractivity contribution in [1.29, 1.82) is 0 Å². The van der Waals surface area contributed by atoms with Gasteiger partial charge in [0.05, 0.1) is 28.4 Å². The van der Waals surface area contributed by atoms with Crippen LogP contribution in [0.4, 0.5) is 0 Å². The first-order valence-corrected chi connectivity index (χ1v) is 10.7. The highest BCUT2D eigenvalue weighted by atomic mass is 32.2. The summed E-state index contributed by atoms with van der Waals surface area (Å²) in [4.78, 5) is 25.7. The SMILES string of the molecule is CCn1c(SCc2nc3scc(-c4ccco4)c3c(=O)[nH]2)nc2ccccc21. The van der Waals surface area contributed by atoms with E-state index in [-0.39, 0.29) is 5.56 Å². The number of aryl methyl sites for hydroxylation is 1. The Morgan fingerprint density at radius 2 is 2.11 bits per heavy atom. The number of H-pyrrole nitrogens is 1. The number of nitrogens with zero attached hydrogens (tertiary/aromatic N) is 3. The Hall–Kier alpha value is -2.84. The second-order valence-electron chi connectivity index (χ2n) is 6.24. The van der Waals surface area contributed by atoms with Gasteiger partial charge in [0.25, 0.3) is 5.56 Å². The van der Waals surface area contributed by atoms with Gasteiger partial charge in [0, 0.05) is 17.5 Å². The summed E-state index contributed by atoms with van der Waals surface area (Å²) >= 11 is 3.03. The van der Waals surface area contributed by atoms with Crippen molar-refractivity contribution in [2.75, 3.05) is 0 Å². The molecule has 1 aromatic carbocycles. The number of benzene rings is 1. The third-order valence-corrected chi connectivity index (χ3v) is 6.41. The predicted octanol–water partition coefficient (Wildman–Crippen LogP) is 4.91. The van der Waals surface area contributed by atoms with E-state index in [1.807, 2.05) is 35.7 Å². The normalized spacial score (nSPS) is 11.6. The van der Waals surface area contributed by atoms with Crippen molar-refractivity contribution in [3.63, 3.8) is 0 Å². The Morgan fingerprint density at radius 3 is 2.93 bits per heavy atom. The van der Waals surface area contributed by atoms with Gasteiger partial charge in [0.15, 0.2) is 5.16 Å². The van der Waals surface area contributed by atoms with Gasteiger partial charge in [-0.2, -0.15) is 0 Å². The molecule has 0 aliphatic carbocycles. The maximum absolute atomic E-state index is 12.7. The maximum Gasteiger partial charge on any atom is 0.260 e. The molecule has 5 aromatic rings. The van der Waals surface area contributed by atoms with Crippen LogP contribution in [0.3, 0.4) is 0 Å². The zero-order chi connectivity index (χ0) is 19.1. The summed E-state index contributed by atoms with van der Waals surface area (Å²) in [6, 6.07) is 11.8. The van der Waals surface area contributed by atoms with Crippen molar-refractivity contribution >= 4 is 44.3 Å². The van der Waals surface area contributed by atoms with E-state index in [9.17, 15) is 4.79 Å². The number of fused-ring (bicyclic) bond motifs is 2. The molecule has 4 aromatic heterocycles. The molecule has 0 saturated carbocycles. The van der Waals surface area contributed by atoms with E-state index < -0.39 is 0 Å². The number of thioether (sulfide) groups is 1. The summed E-state index contributed by atoms with van der Waals surface area (Å²) < 4.78 is 7.62. The van der Waals surface area contributed by atoms with Gasteiger partial charge in [-0.1, -0.05) is 23.9 Å². The van der Waals surface area contributed by atoms with Crippen molar-refractivity contribution in [1.82, 2.24) is 19.5 Å². The van der Waals surface area contributed by atoms with Crippen molar-refractivity contribution < 1.29 is 4.42 Å². The van der Waals surface area contributed by atoms with Crippen LogP contribution in [0.1, 0.15) is 12.7 Å². The molecule has 0 radical (unpaired) electrons. The highest BCUT2D eigenvalue weighted by Crippen LogP contribution is 2.31.